The van der Waals surface area contributed by atoms with E-state index < -0.39 is 5.60 Å². The molecular formula is C14H27N3O3. The molecule has 0 bridgehead atoms. The van der Waals surface area contributed by atoms with Gasteiger partial charge in [-0.1, -0.05) is 0 Å². The molecule has 116 valence electrons. The molecule has 0 aromatic rings. The van der Waals surface area contributed by atoms with Crippen LogP contribution in [0.2, 0.25) is 0 Å². The van der Waals surface area contributed by atoms with Crippen molar-refractivity contribution in [3.8, 4) is 0 Å². The number of nitrogens with zero attached hydrogens (tertiary/aromatic N) is 2. The van der Waals surface area contributed by atoms with Gasteiger partial charge in [-0.3, -0.25) is 9.89 Å². The Morgan fingerprint density at radius 3 is 2.80 bits per heavy atom. The average molecular weight is 285 g/mol. The summed E-state index contributed by atoms with van der Waals surface area (Å²) in [4.78, 5) is 18.1. The maximum atomic E-state index is 12.0. The largest absolute Gasteiger partial charge is 0.444 e. The second-order valence-corrected chi connectivity index (χ2v) is 6.06. The van der Waals surface area contributed by atoms with Crippen LogP contribution >= 0.6 is 0 Å². The van der Waals surface area contributed by atoms with Crippen LogP contribution in [0, 0.1) is 0 Å². The van der Waals surface area contributed by atoms with Gasteiger partial charge in [0.1, 0.15) is 11.4 Å². The summed E-state index contributed by atoms with van der Waals surface area (Å²) in [5, 5.41) is 3.32. The Kier molecular flexibility index (Phi) is 6.26. The number of ether oxygens (including phenoxy) is 2. The van der Waals surface area contributed by atoms with Crippen molar-refractivity contribution in [3.05, 3.63) is 0 Å². The highest BCUT2D eigenvalue weighted by Gasteiger charge is 2.25. The highest BCUT2D eigenvalue weighted by atomic mass is 16.6. The van der Waals surface area contributed by atoms with Gasteiger partial charge < -0.3 is 14.8 Å². The molecule has 1 aliphatic rings. The molecule has 0 saturated heterocycles. The summed E-state index contributed by atoms with van der Waals surface area (Å²) in [5.74, 6) is 0.839. The van der Waals surface area contributed by atoms with Gasteiger partial charge in [-0.25, -0.2) is 4.79 Å². The molecule has 20 heavy (non-hydrogen) atoms. The normalized spacial score (nSPS) is 17.4. The average Bonchev–Trinajstić information content (AvgIpc) is 2.34. The van der Waals surface area contributed by atoms with Gasteiger partial charge in [0.2, 0.25) is 0 Å². The first-order valence-electron chi connectivity index (χ1n) is 7.08. The maximum absolute atomic E-state index is 12.0. The lowest BCUT2D eigenvalue weighted by Gasteiger charge is -2.30. The van der Waals surface area contributed by atoms with Crippen LogP contribution in [-0.2, 0) is 9.47 Å². The fourth-order valence-corrected chi connectivity index (χ4v) is 1.84. The summed E-state index contributed by atoms with van der Waals surface area (Å²) in [6.45, 7) is 10.1. The van der Waals surface area contributed by atoms with Crippen molar-refractivity contribution in [1.82, 2.24) is 10.2 Å². The van der Waals surface area contributed by atoms with E-state index in [0.717, 1.165) is 12.3 Å². The van der Waals surface area contributed by atoms with E-state index in [4.69, 9.17) is 9.47 Å². The third kappa shape index (κ3) is 6.23. The molecule has 1 aliphatic heterocycles. The highest BCUT2D eigenvalue weighted by molar-refractivity contribution is 5.88. The Morgan fingerprint density at radius 1 is 1.50 bits per heavy atom. The number of amidine groups is 1. The van der Waals surface area contributed by atoms with E-state index in [1.807, 2.05) is 20.8 Å². The van der Waals surface area contributed by atoms with E-state index in [1.165, 1.54) is 0 Å². The summed E-state index contributed by atoms with van der Waals surface area (Å²) in [5.41, 5.74) is -0.467. The Balaban J connectivity index is 2.45. The van der Waals surface area contributed by atoms with Crippen molar-refractivity contribution in [1.29, 1.82) is 0 Å². The van der Waals surface area contributed by atoms with Gasteiger partial charge in [0.05, 0.1) is 13.1 Å². The zero-order valence-electron chi connectivity index (χ0n) is 13.2. The second kappa shape index (κ2) is 7.47. The van der Waals surface area contributed by atoms with Crippen LogP contribution < -0.4 is 5.32 Å². The number of carbonyl (C=O) groups excluding carboxylic acids is 1. The van der Waals surface area contributed by atoms with Gasteiger partial charge in [-0.05, 0) is 34.1 Å². The fourth-order valence-electron chi connectivity index (χ4n) is 1.84. The lowest BCUT2D eigenvalue weighted by Crippen LogP contribution is -2.49. The fraction of sp³-hybridized carbons (Fsp3) is 0.857. The summed E-state index contributed by atoms with van der Waals surface area (Å²) in [7, 11) is 1.69. The summed E-state index contributed by atoms with van der Waals surface area (Å²) < 4.78 is 10.4. The van der Waals surface area contributed by atoms with E-state index in [2.05, 4.69) is 17.2 Å². The van der Waals surface area contributed by atoms with Crippen LogP contribution in [0.5, 0.6) is 0 Å². The van der Waals surface area contributed by atoms with Gasteiger partial charge in [-0.2, -0.15) is 0 Å². The number of carbonyl (C=O) groups is 1. The van der Waals surface area contributed by atoms with Crippen LogP contribution in [0.1, 0.15) is 34.1 Å². The minimum absolute atomic E-state index is 0.271. The molecule has 0 spiro atoms. The number of aliphatic imine (C=N–C) groups is 1. The molecule has 1 atom stereocenters. The number of amides is 1. The van der Waals surface area contributed by atoms with E-state index in [-0.39, 0.29) is 12.1 Å². The molecule has 6 heteroatoms. The summed E-state index contributed by atoms with van der Waals surface area (Å²) in [6.07, 6.45) is 0.623. The van der Waals surface area contributed by atoms with Gasteiger partial charge in [0, 0.05) is 26.3 Å². The number of nitrogens with one attached hydrogen (secondary N) is 1. The second-order valence-electron chi connectivity index (χ2n) is 6.06. The molecule has 0 aromatic heterocycles. The first-order valence-corrected chi connectivity index (χ1v) is 7.08. The smallest absolute Gasteiger partial charge is 0.410 e. The standard InChI is InChI=1S/C14H27N3O3/c1-11(6-9-19-5)16-12-10-17(8-7-15-12)13(18)20-14(2,3)4/h11H,6-10H2,1-5H3,(H,15,16). The van der Waals surface area contributed by atoms with Crippen molar-refractivity contribution >= 4 is 11.9 Å². The Bertz CT molecular complexity index is 350. The third-order valence-corrected chi connectivity index (χ3v) is 2.83. The molecule has 0 fully saturated rings. The number of hydrogen-bond acceptors (Lipinski definition) is 5. The Labute approximate surface area is 121 Å². The first kappa shape index (κ1) is 16.8. The Hall–Kier alpha value is -1.30. The monoisotopic (exact) mass is 285 g/mol. The first-order chi connectivity index (χ1) is 9.31. The van der Waals surface area contributed by atoms with Gasteiger partial charge in [0.25, 0.3) is 0 Å². The molecule has 1 unspecified atom stereocenters. The predicted octanol–water partition coefficient (Wildman–Crippen LogP) is 1.65. The summed E-state index contributed by atoms with van der Waals surface area (Å²) >= 11 is 0. The minimum Gasteiger partial charge on any atom is -0.444 e. The molecule has 1 N–H and O–H groups in total. The molecule has 0 radical (unpaired) electrons. The van der Waals surface area contributed by atoms with Crippen molar-refractivity contribution in [2.75, 3.05) is 33.4 Å². The predicted molar refractivity (Wildman–Crippen MR) is 79.2 cm³/mol. The molecule has 6 nitrogen and oxygen atoms in total. The van der Waals surface area contributed by atoms with E-state index in [9.17, 15) is 4.79 Å². The number of methoxy groups -OCH3 is 1. The topological polar surface area (TPSA) is 63.2 Å². The van der Waals surface area contributed by atoms with Crippen molar-refractivity contribution in [2.45, 2.75) is 45.8 Å². The minimum atomic E-state index is -0.467. The molecule has 1 amide bonds. The van der Waals surface area contributed by atoms with Crippen molar-refractivity contribution in [3.63, 3.8) is 0 Å². The number of hydrogen-bond donors (Lipinski definition) is 1. The molecular weight excluding hydrogens is 258 g/mol. The van der Waals surface area contributed by atoms with Gasteiger partial charge >= 0.3 is 6.09 Å². The lowest BCUT2D eigenvalue weighted by molar-refractivity contribution is 0.0276. The highest BCUT2D eigenvalue weighted by Crippen LogP contribution is 2.11. The van der Waals surface area contributed by atoms with Crippen LogP contribution in [0.25, 0.3) is 0 Å². The van der Waals surface area contributed by atoms with E-state index in [1.54, 1.807) is 12.0 Å². The molecule has 0 saturated carbocycles. The molecule has 0 aromatic carbocycles. The maximum Gasteiger partial charge on any atom is 0.410 e. The van der Waals surface area contributed by atoms with Crippen molar-refractivity contribution < 1.29 is 14.3 Å². The van der Waals surface area contributed by atoms with Crippen LogP contribution in [0.15, 0.2) is 4.99 Å². The van der Waals surface area contributed by atoms with Crippen LogP contribution in [0.3, 0.4) is 0 Å². The zero-order chi connectivity index (χ0) is 15.2. The zero-order valence-corrected chi connectivity index (χ0v) is 13.2. The van der Waals surface area contributed by atoms with E-state index in [0.29, 0.717) is 26.2 Å². The lowest BCUT2D eigenvalue weighted by atomic mass is 10.2. The van der Waals surface area contributed by atoms with Crippen molar-refractivity contribution in [2.24, 2.45) is 4.99 Å². The third-order valence-electron chi connectivity index (χ3n) is 2.83. The quantitative estimate of drug-likeness (QED) is 0.853. The summed E-state index contributed by atoms with van der Waals surface area (Å²) in [6, 6.07) is 0.271. The number of rotatable bonds is 4. The van der Waals surface area contributed by atoms with Crippen LogP contribution in [-0.4, -0.2) is 61.8 Å². The van der Waals surface area contributed by atoms with Crippen LogP contribution in [0.4, 0.5) is 4.79 Å². The van der Waals surface area contributed by atoms with E-state index >= 15 is 0 Å². The van der Waals surface area contributed by atoms with Gasteiger partial charge in [0.15, 0.2) is 0 Å². The SMILES string of the molecule is COCCC(C)NC1=NCCN(C(=O)OC(C)(C)C)C1. The molecule has 0 aliphatic carbocycles. The van der Waals surface area contributed by atoms with Gasteiger partial charge in [-0.15, -0.1) is 0 Å². The molecule has 1 rings (SSSR count). The Morgan fingerprint density at radius 2 is 2.20 bits per heavy atom. The molecule has 1 heterocycles.